The average Bonchev–Trinajstić information content (AvgIpc) is 3.04. The Morgan fingerprint density at radius 3 is 2.27 bits per heavy atom. The Morgan fingerprint density at radius 1 is 1.00 bits per heavy atom. The number of nitrogens with zero attached hydrogens (tertiary/aromatic N) is 3. The zero-order chi connectivity index (χ0) is 23.5. The van der Waals surface area contributed by atoms with E-state index in [1.807, 2.05) is 4.90 Å². The molecule has 33 heavy (non-hydrogen) atoms. The summed E-state index contributed by atoms with van der Waals surface area (Å²) in [4.78, 5) is 43.4. The largest absolute Gasteiger partial charge is 0.368 e. The summed E-state index contributed by atoms with van der Waals surface area (Å²) in [5.74, 6) is -0.772. The number of imide groups is 1. The van der Waals surface area contributed by atoms with E-state index in [2.05, 4.69) is 48.0 Å². The van der Waals surface area contributed by atoms with Crippen molar-refractivity contribution in [2.45, 2.75) is 13.8 Å². The van der Waals surface area contributed by atoms with Gasteiger partial charge in [-0.25, -0.2) is 0 Å². The quantitative estimate of drug-likeness (QED) is 0.548. The van der Waals surface area contributed by atoms with Crippen molar-refractivity contribution in [2.75, 3.05) is 42.9 Å². The number of nitrogens with one attached hydrogen (secondary N) is 1. The highest BCUT2D eigenvalue weighted by atomic mass is 16.2. The SMILES string of the molecule is C=CCN1C(=O)C(c2ccc(NC(C)=O)cc2)=C(N2CCN(c3cccc(C)c3)CC2)C1=O. The van der Waals surface area contributed by atoms with Crippen LogP contribution in [0.25, 0.3) is 5.57 Å². The highest BCUT2D eigenvalue weighted by molar-refractivity contribution is 6.35. The second kappa shape index (κ2) is 9.32. The summed E-state index contributed by atoms with van der Waals surface area (Å²) in [6.07, 6.45) is 1.56. The summed E-state index contributed by atoms with van der Waals surface area (Å²) in [5, 5.41) is 2.72. The number of carbonyl (C=O) groups excluding carboxylic acids is 3. The fourth-order valence-electron chi connectivity index (χ4n) is 4.35. The van der Waals surface area contributed by atoms with Gasteiger partial charge in [0.25, 0.3) is 11.8 Å². The van der Waals surface area contributed by atoms with Crippen molar-refractivity contribution < 1.29 is 14.4 Å². The molecule has 0 aromatic heterocycles. The van der Waals surface area contributed by atoms with Crippen LogP contribution in [0.4, 0.5) is 11.4 Å². The molecule has 3 amide bonds. The van der Waals surface area contributed by atoms with Gasteiger partial charge in [-0.1, -0.05) is 30.3 Å². The van der Waals surface area contributed by atoms with Crippen molar-refractivity contribution in [3.63, 3.8) is 0 Å². The van der Waals surface area contributed by atoms with Gasteiger partial charge in [-0.15, -0.1) is 6.58 Å². The third kappa shape index (κ3) is 4.53. The first-order valence-corrected chi connectivity index (χ1v) is 11.0. The molecule has 2 heterocycles. The lowest BCUT2D eigenvalue weighted by Gasteiger charge is -2.37. The zero-order valence-corrected chi connectivity index (χ0v) is 19.0. The molecule has 4 rings (SSSR count). The van der Waals surface area contributed by atoms with E-state index in [1.165, 1.54) is 23.1 Å². The minimum atomic E-state index is -0.316. The molecule has 2 aliphatic heterocycles. The molecule has 170 valence electrons. The van der Waals surface area contributed by atoms with Crippen molar-refractivity contribution >= 4 is 34.7 Å². The fraction of sp³-hybridized carbons (Fsp3) is 0.269. The van der Waals surface area contributed by atoms with Crippen LogP contribution in [0.15, 0.2) is 66.9 Å². The lowest BCUT2D eigenvalue weighted by atomic mass is 10.0. The number of anilines is 2. The van der Waals surface area contributed by atoms with Gasteiger partial charge in [-0.05, 0) is 42.3 Å². The molecule has 0 spiro atoms. The van der Waals surface area contributed by atoms with E-state index < -0.39 is 0 Å². The molecule has 0 saturated carbocycles. The topological polar surface area (TPSA) is 73.0 Å². The van der Waals surface area contributed by atoms with E-state index >= 15 is 0 Å². The minimum Gasteiger partial charge on any atom is -0.368 e. The lowest BCUT2D eigenvalue weighted by Crippen LogP contribution is -2.47. The molecular formula is C26H28N4O3. The second-order valence-electron chi connectivity index (χ2n) is 8.30. The summed E-state index contributed by atoms with van der Waals surface area (Å²) >= 11 is 0. The van der Waals surface area contributed by atoms with Gasteiger partial charge in [0, 0.05) is 51.0 Å². The molecule has 1 saturated heterocycles. The smallest absolute Gasteiger partial charge is 0.278 e. The summed E-state index contributed by atoms with van der Waals surface area (Å²) < 4.78 is 0. The van der Waals surface area contributed by atoms with Gasteiger partial charge in [0.05, 0.1) is 5.57 Å². The van der Waals surface area contributed by atoms with Gasteiger partial charge in [0.15, 0.2) is 0 Å². The third-order valence-electron chi connectivity index (χ3n) is 5.91. The van der Waals surface area contributed by atoms with Gasteiger partial charge in [-0.2, -0.15) is 0 Å². The van der Waals surface area contributed by atoms with E-state index in [0.717, 1.165) is 13.1 Å². The Labute approximate surface area is 194 Å². The molecule has 2 aromatic carbocycles. The zero-order valence-electron chi connectivity index (χ0n) is 19.0. The lowest BCUT2D eigenvalue weighted by molar-refractivity contribution is -0.137. The number of rotatable bonds is 6. The standard InChI is InChI=1S/C26H28N4O3/c1-4-12-30-25(32)23(20-8-10-21(11-9-20)27-19(3)31)24(26(30)33)29-15-13-28(14-16-29)22-7-5-6-18(2)17-22/h4-11,17H,1,12-16H2,2-3H3,(H,27,31). The van der Waals surface area contributed by atoms with Crippen LogP contribution in [0.1, 0.15) is 18.1 Å². The molecule has 2 aromatic rings. The van der Waals surface area contributed by atoms with Crippen LogP contribution in [0.3, 0.4) is 0 Å². The monoisotopic (exact) mass is 444 g/mol. The molecule has 0 aliphatic carbocycles. The molecule has 0 atom stereocenters. The Morgan fingerprint density at radius 2 is 1.67 bits per heavy atom. The number of hydrogen-bond donors (Lipinski definition) is 1. The maximum Gasteiger partial charge on any atom is 0.278 e. The van der Waals surface area contributed by atoms with Crippen LogP contribution in [0.2, 0.25) is 0 Å². The van der Waals surface area contributed by atoms with E-state index in [4.69, 9.17) is 0 Å². The second-order valence-corrected chi connectivity index (χ2v) is 8.30. The van der Waals surface area contributed by atoms with E-state index in [9.17, 15) is 14.4 Å². The van der Waals surface area contributed by atoms with Crippen LogP contribution in [-0.4, -0.2) is 60.2 Å². The van der Waals surface area contributed by atoms with Gasteiger partial charge < -0.3 is 15.1 Å². The Hall–Kier alpha value is -3.87. The molecule has 2 aliphatic rings. The number of aryl methyl sites for hydroxylation is 1. The Balaban J connectivity index is 1.63. The molecular weight excluding hydrogens is 416 g/mol. The normalized spacial score (nSPS) is 16.5. The predicted octanol–water partition coefficient (Wildman–Crippen LogP) is 3.04. The summed E-state index contributed by atoms with van der Waals surface area (Å²) in [6, 6.07) is 15.4. The van der Waals surface area contributed by atoms with Crippen molar-refractivity contribution in [3.05, 3.63) is 78.0 Å². The van der Waals surface area contributed by atoms with Gasteiger partial charge in [-0.3, -0.25) is 19.3 Å². The highest BCUT2D eigenvalue weighted by Gasteiger charge is 2.41. The van der Waals surface area contributed by atoms with Crippen molar-refractivity contribution in [1.82, 2.24) is 9.80 Å². The molecule has 0 bridgehead atoms. The van der Waals surface area contributed by atoms with Crippen LogP contribution in [-0.2, 0) is 14.4 Å². The highest BCUT2D eigenvalue weighted by Crippen LogP contribution is 2.33. The fourth-order valence-corrected chi connectivity index (χ4v) is 4.35. The van der Waals surface area contributed by atoms with Gasteiger partial charge in [0.1, 0.15) is 5.70 Å². The summed E-state index contributed by atoms with van der Waals surface area (Å²) in [5.41, 5.74) is 4.52. The van der Waals surface area contributed by atoms with Crippen LogP contribution >= 0.6 is 0 Å². The maximum atomic E-state index is 13.3. The van der Waals surface area contributed by atoms with E-state index in [0.29, 0.717) is 35.6 Å². The third-order valence-corrected chi connectivity index (χ3v) is 5.91. The first kappa shape index (κ1) is 22.3. The minimum absolute atomic E-state index is 0.165. The molecule has 0 unspecified atom stereocenters. The summed E-state index contributed by atoms with van der Waals surface area (Å²) in [7, 11) is 0. The first-order chi connectivity index (χ1) is 15.9. The van der Waals surface area contributed by atoms with E-state index in [-0.39, 0.29) is 24.3 Å². The van der Waals surface area contributed by atoms with Crippen molar-refractivity contribution in [2.24, 2.45) is 0 Å². The Bertz CT molecular complexity index is 1130. The Kier molecular flexibility index (Phi) is 6.31. The first-order valence-electron chi connectivity index (χ1n) is 11.0. The number of carbonyl (C=O) groups is 3. The van der Waals surface area contributed by atoms with Crippen molar-refractivity contribution in [1.29, 1.82) is 0 Å². The molecule has 7 heteroatoms. The number of benzene rings is 2. The van der Waals surface area contributed by atoms with Crippen LogP contribution in [0, 0.1) is 6.92 Å². The van der Waals surface area contributed by atoms with Gasteiger partial charge in [0.2, 0.25) is 5.91 Å². The van der Waals surface area contributed by atoms with Crippen LogP contribution < -0.4 is 10.2 Å². The molecule has 7 nitrogen and oxygen atoms in total. The average molecular weight is 445 g/mol. The number of amides is 3. The van der Waals surface area contributed by atoms with E-state index in [1.54, 1.807) is 30.3 Å². The predicted molar refractivity (Wildman–Crippen MR) is 130 cm³/mol. The molecule has 1 N–H and O–H groups in total. The van der Waals surface area contributed by atoms with Crippen LogP contribution in [0.5, 0.6) is 0 Å². The van der Waals surface area contributed by atoms with Crippen molar-refractivity contribution in [3.8, 4) is 0 Å². The number of piperazine rings is 1. The summed E-state index contributed by atoms with van der Waals surface area (Å²) in [6.45, 7) is 10.2. The molecule has 0 radical (unpaired) electrons. The number of hydrogen-bond acceptors (Lipinski definition) is 5. The maximum absolute atomic E-state index is 13.3. The van der Waals surface area contributed by atoms with Gasteiger partial charge >= 0.3 is 0 Å². The molecule has 1 fully saturated rings.